The molecule has 0 aliphatic carbocycles. The van der Waals surface area contributed by atoms with E-state index in [4.69, 9.17) is 5.11 Å². The van der Waals surface area contributed by atoms with Crippen molar-refractivity contribution in [1.82, 2.24) is 0 Å². The first-order valence-electron chi connectivity index (χ1n) is 5.02. The largest absolute Gasteiger partial charge is 0.481 e. The van der Waals surface area contributed by atoms with Crippen LogP contribution in [0.15, 0.2) is 24.8 Å². The number of aliphatic carboxylic acids is 1. The third-order valence-electron chi connectivity index (χ3n) is 2.69. The Morgan fingerprint density at radius 3 is 2.50 bits per heavy atom. The number of hydrogen-bond acceptors (Lipinski definition) is 1. The molecule has 80 valence electrons. The monoisotopic (exact) mass is 196 g/mol. The lowest BCUT2D eigenvalue weighted by atomic mass is 9.90. The lowest BCUT2D eigenvalue weighted by Crippen LogP contribution is -2.18. The summed E-state index contributed by atoms with van der Waals surface area (Å²) in [7, 11) is 0. The molecule has 0 aromatic carbocycles. The number of hydrogen-bond donors (Lipinski definition) is 1. The highest BCUT2D eigenvalue weighted by Crippen LogP contribution is 2.19. The molecule has 2 atom stereocenters. The number of allylic oxidation sites excluding steroid dienone is 2. The molecule has 0 aromatic rings. The molecule has 0 aromatic heterocycles. The minimum atomic E-state index is -0.708. The Morgan fingerprint density at radius 2 is 2.07 bits per heavy atom. The SMILES string of the molecule is C=CC(=C)CCCC(C)C(C)C(=O)O. The van der Waals surface area contributed by atoms with E-state index in [0.717, 1.165) is 24.8 Å². The van der Waals surface area contributed by atoms with Crippen LogP contribution < -0.4 is 0 Å². The van der Waals surface area contributed by atoms with Crippen LogP contribution in [0, 0.1) is 11.8 Å². The average Bonchev–Trinajstić information content (AvgIpc) is 2.15. The average molecular weight is 196 g/mol. The van der Waals surface area contributed by atoms with Crippen molar-refractivity contribution in [2.24, 2.45) is 11.8 Å². The van der Waals surface area contributed by atoms with E-state index in [1.165, 1.54) is 0 Å². The van der Waals surface area contributed by atoms with Gasteiger partial charge in [0.1, 0.15) is 0 Å². The Balaban J connectivity index is 3.73. The van der Waals surface area contributed by atoms with E-state index in [0.29, 0.717) is 0 Å². The molecule has 0 aliphatic rings. The van der Waals surface area contributed by atoms with Gasteiger partial charge in [0.15, 0.2) is 0 Å². The van der Waals surface area contributed by atoms with Crippen LogP contribution in [0.1, 0.15) is 33.1 Å². The van der Waals surface area contributed by atoms with Gasteiger partial charge < -0.3 is 5.11 Å². The predicted octanol–water partition coefficient (Wildman–Crippen LogP) is 3.26. The Bertz CT molecular complexity index is 218. The lowest BCUT2D eigenvalue weighted by Gasteiger charge is -2.15. The molecule has 2 heteroatoms. The molecule has 0 saturated heterocycles. The summed E-state index contributed by atoms with van der Waals surface area (Å²) in [5, 5.41) is 8.77. The van der Waals surface area contributed by atoms with Crippen LogP contribution in [0.25, 0.3) is 0 Å². The van der Waals surface area contributed by atoms with Crippen LogP contribution in [-0.4, -0.2) is 11.1 Å². The van der Waals surface area contributed by atoms with Gasteiger partial charge in [0.05, 0.1) is 5.92 Å². The Kier molecular flexibility index (Phi) is 5.93. The predicted molar refractivity (Wildman–Crippen MR) is 59.2 cm³/mol. The first kappa shape index (κ1) is 12.9. The third kappa shape index (κ3) is 4.85. The fraction of sp³-hybridized carbons (Fsp3) is 0.583. The second-order valence-electron chi connectivity index (χ2n) is 3.86. The normalized spacial score (nSPS) is 14.4. The van der Waals surface area contributed by atoms with Gasteiger partial charge in [-0.1, -0.05) is 38.7 Å². The van der Waals surface area contributed by atoms with Crippen molar-refractivity contribution in [3.05, 3.63) is 24.8 Å². The Morgan fingerprint density at radius 1 is 1.50 bits per heavy atom. The van der Waals surface area contributed by atoms with Crippen molar-refractivity contribution in [1.29, 1.82) is 0 Å². The van der Waals surface area contributed by atoms with Crippen LogP contribution in [-0.2, 0) is 4.79 Å². The van der Waals surface area contributed by atoms with Gasteiger partial charge in [-0.2, -0.15) is 0 Å². The molecule has 0 radical (unpaired) electrons. The highest BCUT2D eigenvalue weighted by Gasteiger charge is 2.18. The molecular formula is C12H20O2. The van der Waals surface area contributed by atoms with Crippen molar-refractivity contribution in [2.75, 3.05) is 0 Å². The number of carboxylic acids is 1. The summed E-state index contributed by atoms with van der Waals surface area (Å²) in [6.45, 7) is 11.2. The molecule has 0 fully saturated rings. The molecule has 0 bridgehead atoms. The maximum Gasteiger partial charge on any atom is 0.306 e. The van der Waals surface area contributed by atoms with Gasteiger partial charge in [-0.15, -0.1) is 0 Å². The second kappa shape index (κ2) is 6.41. The van der Waals surface area contributed by atoms with E-state index < -0.39 is 5.97 Å². The zero-order valence-corrected chi connectivity index (χ0v) is 9.12. The van der Waals surface area contributed by atoms with Crippen LogP contribution in [0.3, 0.4) is 0 Å². The molecule has 0 saturated carbocycles. The standard InChI is InChI=1S/C12H20O2/c1-5-9(2)7-6-8-10(3)11(4)12(13)14/h5,10-11H,1-2,6-8H2,3-4H3,(H,13,14). The highest BCUT2D eigenvalue weighted by atomic mass is 16.4. The van der Waals surface area contributed by atoms with Gasteiger partial charge in [-0.05, 0) is 25.2 Å². The van der Waals surface area contributed by atoms with E-state index in [2.05, 4.69) is 13.2 Å². The van der Waals surface area contributed by atoms with E-state index in [1.807, 2.05) is 6.92 Å². The molecule has 0 rings (SSSR count). The summed E-state index contributed by atoms with van der Waals surface area (Å²) < 4.78 is 0. The molecule has 2 unspecified atom stereocenters. The van der Waals surface area contributed by atoms with Gasteiger partial charge in [0.2, 0.25) is 0 Å². The van der Waals surface area contributed by atoms with Crippen molar-refractivity contribution >= 4 is 5.97 Å². The first-order valence-corrected chi connectivity index (χ1v) is 5.02. The summed E-state index contributed by atoms with van der Waals surface area (Å²) in [4.78, 5) is 10.7. The Labute approximate surface area is 86.3 Å². The smallest absolute Gasteiger partial charge is 0.306 e. The molecular weight excluding hydrogens is 176 g/mol. The zero-order chi connectivity index (χ0) is 11.1. The van der Waals surface area contributed by atoms with E-state index in [1.54, 1.807) is 13.0 Å². The van der Waals surface area contributed by atoms with Gasteiger partial charge in [-0.25, -0.2) is 0 Å². The topological polar surface area (TPSA) is 37.3 Å². The maximum atomic E-state index is 10.7. The molecule has 2 nitrogen and oxygen atoms in total. The minimum Gasteiger partial charge on any atom is -0.481 e. The maximum absolute atomic E-state index is 10.7. The van der Waals surface area contributed by atoms with E-state index >= 15 is 0 Å². The molecule has 0 amide bonds. The molecule has 0 spiro atoms. The quantitative estimate of drug-likeness (QED) is 0.634. The summed E-state index contributed by atoms with van der Waals surface area (Å²) >= 11 is 0. The molecule has 0 heterocycles. The van der Waals surface area contributed by atoms with Crippen molar-refractivity contribution in [2.45, 2.75) is 33.1 Å². The summed E-state index contributed by atoms with van der Waals surface area (Å²) in [6.07, 6.45) is 4.59. The van der Waals surface area contributed by atoms with Crippen LogP contribution in [0.5, 0.6) is 0 Å². The first-order chi connectivity index (χ1) is 6.49. The second-order valence-corrected chi connectivity index (χ2v) is 3.86. The van der Waals surface area contributed by atoms with Crippen LogP contribution >= 0.6 is 0 Å². The summed E-state index contributed by atoms with van der Waals surface area (Å²) in [5.74, 6) is -0.739. The van der Waals surface area contributed by atoms with Crippen molar-refractivity contribution in [3.8, 4) is 0 Å². The van der Waals surface area contributed by atoms with E-state index in [9.17, 15) is 4.79 Å². The third-order valence-corrected chi connectivity index (χ3v) is 2.69. The molecule has 0 aliphatic heterocycles. The summed E-state index contributed by atoms with van der Waals surface area (Å²) in [6, 6.07) is 0. The lowest BCUT2D eigenvalue weighted by molar-refractivity contribution is -0.142. The molecule has 1 N–H and O–H groups in total. The van der Waals surface area contributed by atoms with Crippen LogP contribution in [0.4, 0.5) is 0 Å². The fourth-order valence-corrected chi connectivity index (χ4v) is 1.25. The fourth-order valence-electron chi connectivity index (χ4n) is 1.25. The van der Waals surface area contributed by atoms with Gasteiger partial charge in [0, 0.05) is 0 Å². The van der Waals surface area contributed by atoms with Crippen LogP contribution in [0.2, 0.25) is 0 Å². The van der Waals surface area contributed by atoms with Gasteiger partial charge in [-0.3, -0.25) is 4.79 Å². The van der Waals surface area contributed by atoms with Gasteiger partial charge >= 0.3 is 5.97 Å². The molecule has 14 heavy (non-hydrogen) atoms. The number of rotatable bonds is 7. The number of carbonyl (C=O) groups is 1. The number of carboxylic acid groups (broad SMARTS) is 1. The minimum absolute atomic E-state index is 0.227. The summed E-state index contributed by atoms with van der Waals surface area (Å²) in [5.41, 5.74) is 1.03. The van der Waals surface area contributed by atoms with Crippen molar-refractivity contribution < 1.29 is 9.90 Å². The van der Waals surface area contributed by atoms with Gasteiger partial charge in [0.25, 0.3) is 0 Å². The Hall–Kier alpha value is -1.05. The van der Waals surface area contributed by atoms with E-state index in [-0.39, 0.29) is 11.8 Å². The highest BCUT2D eigenvalue weighted by molar-refractivity contribution is 5.69. The van der Waals surface area contributed by atoms with Crippen molar-refractivity contribution in [3.63, 3.8) is 0 Å². The zero-order valence-electron chi connectivity index (χ0n) is 9.12.